The van der Waals surface area contributed by atoms with Crippen molar-refractivity contribution in [2.75, 3.05) is 31.3 Å². The van der Waals surface area contributed by atoms with E-state index in [1.807, 2.05) is 6.07 Å². The Morgan fingerprint density at radius 1 is 1.67 bits per heavy atom. The Kier molecular flexibility index (Phi) is 4.37. The molecule has 0 radical (unpaired) electrons. The highest BCUT2D eigenvalue weighted by molar-refractivity contribution is 5.31. The van der Waals surface area contributed by atoms with Crippen molar-refractivity contribution in [1.29, 1.82) is 5.26 Å². The summed E-state index contributed by atoms with van der Waals surface area (Å²) < 4.78 is 6.36. The van der Waals surface area contributed by atoms with Gasteiger partial charge in [0.15, 0.2) is 0 Å². The molecule has 0 aromatic carbocycles. The van der Waals surface area contributed by atoms with Crippen molar-refractivity contribution in [3.8, 4) is 6.07 Å². The highest BCUT2D eigenvalue weighted by Crippen LogP contribution is 2.05. The molecule has 1 rings (SSSR count). The van der Waals surface area contributed by atoms with Crippen LogP contribution in [0.15, 0.2) is 0 Å². The molecule has 0 unspecified atom stereocenters. The van der Waals surface area contributed by atoms with Gasteiger partial charge >= 0.3 is 0 Å². The largest absolute Gasteiger partial charge is 0.383 e. The molecule has 0 saturated carbocycles. The zero-order chi connectivity index (χ0) is 11.1. The van der Waals surface area contributed by atoms with Gasteiger partial charge in [0.2, 0.25) is 11.9 Å². The maximum atomic E-state index is 8.41. The van der Waals surface area contributed by atoms with Gasteiger partial charge < -0.3 is 15.8 Å². The van der Waals surface area contributed by atoms with Crippen LogP contribution in [0.1, 0.15) is 6.42 Å². The van der Waals surface area contributed by atoms with E-state index in [0.717, 1.165) is 0 Å². The number of nitrogens with one attached hydrogen (secondary N) is 1. The number of hydrogen-bond donors (Lipinski definition) is 2. The Labute approximate surface area is 87.8 Å². The second kappa shape index (κ2) is 5.82. The molecule has 0 fully saturated rings. The zero-order valence-electron chi connectivity index (χ0n) is 8.60. The van der Waals surface area contributed by atoms with Gasteiger partial charge in [-0.25, -0.2) is 4.68 Å². The fraction of sp³-hybridized carbons (Fsp3) is 0.625. The van der Waals surface area contributed by atoms with Crippen molar-refractivity contribution >= 4 is 11.9 Å². The van der Waals surface area contributed by atoms with Gasteiger partial charge in [0.25, 0.3) is 0 Å². The molecule has 0 aliphatic carbocycles. The molecule has 15 heavy (non-hydrogen) atoms. The summed E-state index contributed by atoms with van der Waals surface area (Å²) in [6.07, 6.45) is 0.366. The molecule has 82 valence electrons. The summed E-state index contributed by atoms with van der Waals surface area (Å²) in [5, 5.41) is 15.4. The Morgan fingerprint density at radius 2 is 2.47 bits per heavy atom. The first-order valence-corrected chi connectivity index (χ1v) is 4.58. The molecule has 1 aromatic heterocycles. The lowest BCUT2D eigenvalue weighted by Gasteiger charge is -1.99. The molecule has 0 aliphatic rings. The SMILES string of the molecule is COCCNc1nc(N)n(CCC#N)n1. The maximum absolute atomic E-state index is 8.41. The second-order valence-electron chi connectivity index (χ2n) is 2.84. The number of aromatic nitrogens is 3. The number of methoxy groups -OCH3 is 1. The number of aryl methyl sites for hydroxylation is 1. The molecular weight excluding hydrogens is 196 g/mol. The lowest BCUT2D eigenvalue weighted by atomic mass is 10.5. The Morgan fingerprint density at radius 3 is 3.13 bits per heavy atom. The number of hydrogen-bond acceptors (Lipinski definition) is 6. The van der Waals surface area contributed by atoms with E-state index in [0.29, 0.717) is 38.0 Å². The average molecular weight is 210 g/mol. The Hall–Kier alpha value is -1.81. The minimum Gasteiger partial charge on any atom is -0.383 e. The van der Waals surface area contributed by atoms with Gasteiger partial charge in [0.1, 0.15) is 0 Å². The van der Waals surface area contributed by atoms with Gasteiger partial charge in [0, 0.05) is 13.7 Å². The van der Waals surface area contributed by atoms with E-state index in [-0.39, 0.29) is 0 Å². The van der Waals surface area contributed by atoms with Crippen molar-refractivity contribution < 1.29 is 4.74 Å². The van der Waals surface area contributed by atoms with Gasteiger partial charge in [-0.3, -0.25) is 0 Å². The summed E-state index contributed by atoms with van der Waals surface area (Å²) >= 11 is 0. The van der Waals surface area contributed by atoms with Crippen LogP contribution in [0.3, 0.4) is 0 Å². The molecule has 0 aliphatic heterocycles. The number of rotatable bonds is 6. The van der Waals surface area contributed by atoms with Gasteiger partial charge in [-0.1, -0.05) is 0 Å². The first kappa shape index (κ1) is 11.3. The molecule has 3 N–H and O–H groups in total. The third-order valence-corrected chi connectivity index (χ3v) is 1.73. The third-order valence-electron chi connectivity index (χ3n) is 1.73. The van der Waals surface area contributed by atoms with Crippen LogP contribution in [0.2, 0.25) is 0 Å². The van der Waals surface area contributed by atoms with E-state index in [1.165, 1.54) is 4.68 Å². The van der Waals surface area contributed by atoms with E-state index in [9.17, 15) is 0 Å². The first-order valence-electron chi connectivity index (χ1n) is 4.58. The molecule has 0 spiro atoms. The van der Waals surface area contributed by atoms with Crippen LogP contribution in [0.4, 0.5) is 11.9 Å². The number of ether oxygens (including phenoxy) is 1. The van der Waals surface area contributed by atoms with E-state index < -0.39 is 0 Å². The van der Waals surface area contributed by atoms with Crippen molar-refractivity contribution in [1.82, 2.24) is 14.8 Å². The fourth-order valence-corrected chi connectivity index (χ4v) is 1.01. The number of anilines is 2. The molecule has 1 aromatic rings. The van der Waals surface area contributed by atoms with Crippen molar-refractivity contribution in [2.45, 2.75) is 13.0 Å². The van der Waals surface area contributed by atoms with Crippen LogP contribution in [0, 0.1) is 11.3 Å². The molecular formula is C8H14N6O. The van der Waals surface area contributed by atoms with Gasteiger partial charge in [-0.2, -0.15) is 10.2 Å². The monoisotopic (exact) mass is 210 g/mol. The topological polar surface area (TPSA) is 102 Å². The minimum atomic E-state index is 0.310. The lowest BCUT2D eigenvalue weighted by Crippen LogP contribution is -2.09. The predicted octanol–water partition coefficient (Wildman–Crippen LogP) is -0.168. The van der Waals surface area contributed by atoms with E-state index in [1.54, 1.807) is 7.11 Å². The number of nitrogens with two attached hydrogens (primary N) is 1. The molecule has 1 heterocycles. The van der Waals surface area contributed by atoms with Crippen LogP contribution >= 0.6 is 0 Å². The van der Waals surface area contributed by atoms with Gasteiger partial charge in [0.05, 0.1) is 25.6 Å². The molecule has 0 bridgehead atoms. The second-order valence-corrected chi connectivity index (χ2v) is 2.84. The lowest BCUT2D eigenvalue weighted by molar-refractivity contribution is 0.210. The van der Waals surface area contributed by atoms with Crippen LogP contribution in [0.25, 0.3) is 0 Å². The summed E-state index contributed by atoms with van der Waals surface area (Å²) in [7, 11) is 1.62. The zero-order valence-corrected chi connectivity index (χ0v) is 8.60. The number of nitrogens with zero attached hydrogens (tertiary/aromatic N) is 4. The smallest absolute Gasteiger partial charge is 0.244 e. The van der Waals surface area contributed by atoms with E-state index in [4.69, 9.17) is 15.7 Å². The van der Waals surface area contributed by atoms with Crippen LogP contribution in [0.5, 0.6) is 0 Å². The minimum absolute atomic E-state index is 0.310. The molecule has 0 amide bonds. The van der Waals surface area contributed by atoms with Crippen LogP contribution in [-0.4, -0.2) is 35.0 Å². The highest BCUT2D eigenvalue weighted by Gasteiger charge is 2.05. The fourth-order valence-electron chi connectivity index (χ4n) is 1.01. The van der Waals surface area contributed by atoms with Crippen LogP contribution in [-0.2, 0) is 11.3 Å². The number of nitriles is 1. The molecule has 0 saturated heterocycles. The third kappa shape index (κ3) is 3.44. The van der Waals surface area contributed by atoms with Crippen molar-refractivity contribution in [3.63, 3.8) is 0 Å². The standard InChI is InChI=1S/C8H14N6O/c1-15-6-4-11-8-12-7(10)14(13-8)5-2-3-9/h2,4-6H2,1H3,(H3,10,11,12,13). The van der Waals surface area contributed by atoms with Crippen molar-refractivity contribution in [3.05, 3.63) is 0 Å². The summed E-state index contributed by atoms with van der Waals surface area (Å²) in [4.78, 5) is 3.99. The Bertz CT molecular complexity index is 341. The van der Waals surface area contributed by atoms with Crippen LogP contribution < -0.4 is 11.1 Å². The van der Waals surface area contributed by atoms with Crippen molar-refractivity contribution in [2.24, 2.45) is 0 Å². The maximum Gasteiger partial charge on any atom is 0.244 e. The van der Waals surface area contributed by atoms with Gasteiger partial charge in [-0.05, 0) is 0 Å². The van der Waals surface area contributed by atoms with E-state index >= 15 is 0 Å². The highest BCUT2D eigenvalue weighted by atomic mass is 16.5. The summed E-state index contributed by atoms with van der Waals surface area (Å²) in [6.45, 7) is 1.66. The molecule has 7 heteroatoms. The molecule has 0 atom stereocenters. The summed E-state index contributed by atoms with van der Waals surface area (Å²) in [6, 6.07) is 2.02. The summed E-state index contributed by atoms with van der Waals surface area (Å²) in [5.41, 5.74) is 5.60. The normalized spacial score (nSPS) is 9.87. The number of nitrogen functional groups attached to an aromatic ring is 1. The molecule has 7 nitrogen and oxygen atoms in total. The summed E-state index contributed by atoms with van der Waals surface area (Å²) in [5.74, 6) is 0.771. The van der Waals surface area contributed by atoms with E-state index in [2.05, 4.69) is 15.4 Å². The Balaban J connectivity index is 2.49. The van der Waals surface area contributed by atoms with Gasteiger partial charge in [-0.15, -0.1) is 5.10 Å². The first-order chi connectivity index (χ1) is 7.27. The average Bonchev–Trinajstić information content (AvgIpc) is 2.57. The predicted molar refractivity (Wildman–Crippen MR) is 55.0 cm³/mol. The quantitative estimate of drug-likeness (QED) is 0.632.